The van der Waals surface area contributed by atoms with Gasteiger partial charge >= 0.3 is 0 Å². The fourth-order valence-electron chi connectivity index (χ4n) is 1.42. The molecule has 2 rings (SSSR count). The summed E-state index contributed by atoms with van der Waals surface area (Å²) in [5.74, 6) is 0. The summed E-state index contributed by atoms with van der Waals surface area (Å²) in [6.07, 6.45) is 0. The van der Waals surface area contributed by atoms with Crippen LogP contribution in [0.5, 0.6) is 0 Å². The molecular weight excluding hydrogens is 168 g/mol. The second kappa shape index (κ2) is 3.10. The molecule has 3 nitrogen and oxygen atoms in total. The summed E-state index contributed by atoms with van der Waals surface area (Å²) in [6, 6.07) is 7.31. The number of rotatable bonds is 2. The third-order valence-electron chi connectivity index (χ3n) is 2.33. The Morgan fingerprint density at radius 3 is 2.69 bits per heavy atom. The van der Waals surface area contributed by atoms with Crippen LogP contribution in [0.2, 0.25) is 0 Å². The van der Waals surface area contributed by atoms with E-state index in [-0.39, 0.29) is 6.61 Å². The average Bonchev–Trinajstić information content (AvgIpc) is 2.14. The number of benzene rings is 1. The zero-order valence-electron chi connectivity index (χ0n) is 7.23. The van der Waals surface area contributed by atoms with Crippen LogP contribution in [-0.4, -0.2) is 23.4 Å². The lowest BCUT2D eigenvalue weighted by atomic mass is 9.91. The lowest BCUT2D eigenvalue weighted by Crippen LogP contribution is -2.46. The predicted octanol–water partition coefficient (Wildman–Crippen LogP) is 0.397. The van der Waals surface area contributed by atoms with Gasteiger partial charge in [-0.2, -0.15) is 0 Å². The maximum atomic E-state index is 9.89. The van der Waals surface area contributed by atoms with E-state index in [1.807, 2.05) is 24.3 Å². The molecule has 1 aliphatic heterocycles. The number of aliphatic hydroxyl groups excluding tert-OH is 1. The molecule has 70 valence electrons. The molecule has 13 heavy (non-hydrogen) atoms. The van der Waals surface area contributed by atoms with Crippen LogP contribution in [0.4, 0.5) is 0 Å². The zero-order chi connectivity index (χ0) is 9.31. The van der Waals surface area contributed by atoms with Gasteiger partial charge in [0.25, 0.3) is 0 Å². The molecule has 1 saturated heterocycles. The Morgan fingerprint density at radius 2 is 2.15 bits per heavy atom. The molecule has 0 aliphatic carbocycles. The summed E-state index contributed by atoms with van der Waals surface area (Å²) < 4.78 is 4.95. The van der Waals surface area contributed by atoms with Gasteiger partial charge in [-0.1, -0.05) is 24.3 Å². The van der Waals surface area contributed by atoms with E-state index in [1.54, 1.807) is 0 Å². The summed E-state index contributed by atoms with van der Waals surface area (Å²) >= 11 is 0. The normalized spacial score (nSPS) is 19.5. The lowest BCUT2D eigenvalue weighted by molar-refractivity contribution is -0.184. The van der Waals surface area contributed by atoms with E-state index in [9.17, 15) is 5.11 Å². The Hall–Kier alpha value is -0.900. The minimum Gasteiger partial charge on any atom is -0.392 e. The highest BCUT2D eigenvalue weighted by atomic mass is 16.5. The summed E-state index contributed by atoms with van der Waals surface area (Å²) in [5.41, 5.74) is 0.814. The van der Waals surface area contributed by atoms with Crippen LogP contribution >= 0.6 is 0 Å². The number of hydrogen-bond donors (Lipinski definition) is 2. The largest absolute Gasteiger partial charge is 0.392 e. The van der Waals surface area contributed by atoms with Crippen molar-refractivity contribution in [3.05, 3.63) is 35.4 Å². The highest BCUT2D eigenvalue weighted by Crippen LogP contribution is 2.29. The van der Waals surface area contributed by atoms with Crippen molar-refractivity contribution in [1.29, 1.82) is 0 Å². The van der Waals surface area contributed by atoms with Crippen LogP contribution in [0.15, 0.2) is 24.3 Å². The molecule has 0 amide bonds. The second-order valence-corrected chi connectivity index (χ2v) is 3.38. The fraction of sp³-hybridized carbons (Fsp3) is 0.400. The van der Waals surface area contributed by atoms with Crippen molar-refractivity contribution in [2.24, 2.45) is 0 Å². The standard InChI is InChI=1S/C10H12O3/c11-5-8-2-1-3-9(4-8)10(12)6-13-7-10/h1-4,11-12H,5-7H2. The van der Waals surface area contributed by atoms with E-state index in [4.69, 9.17) is 9.84 Å². The monoisotopic (exact) mass is 180 g/mol. The van der Waals surface area contributed by atoms with Crippen molar-refractivity contribution in [1.82, 2.24) is 0 Å². The summed E-state index contributed by atoms with van der Waals surface area (Å²) in [5, 5.41) is 18.8. The Kier molecular flexibility index (Phi) is 2.07. The first kappa shape index (κ1) is 8.69. The zero-order valence-corrected chi connectivity index (χ0v) is 7.23. The number of hydrogen-bond acceptors (Lipinski definition) is 3. The summed E-state index contributed by atoms with van der Waals surface area (Å²) in [6.45, 7) is 0.703. The van der Waals surface area contributed by atoms with Crippen molar-refractivity contribution in [2.75, 3.05) is 13.2 Å². The minimum absolute atomic E-state index is 0.00474. The molecule has 0 aromatic heterocycles. The smallest absolute Gasteiger partial charge is 0.136 e. The molecule has 1 fully saturated rings. The molecular formula is C10H12O3. The van der Waals surface area contributed by atoms with Gasteiger partial charge in [0.05, 0.1) is 19.8 Å². The van der Waals surface area contributed by atoms with E-state index in [0.717, 1.165) is 11.1 Å². The summed E-state index contributed by atoms with van der Waals surface area (Å²) in [7, 11) is 0. The number of ether oxygens (including phenoxy) is 1. The van der Waals surface area contributed by atoms with Gasteiger partial charge in [0.15, 0.2) is 0 Å². The predicted molar refractivity (Wildman–Crippen MR) is 47.1 cm³/mol. The van der Waals surface area contributed by atoms with E-state index in [1.165, 1.54) is 0 Å². The van der Waals surface area contributed by atoms with Gasteiger partial charge in [0.2, 0.25) is 0 Å². The Labute approximate surface area is 76.6 Å². The van der Waals surface area contributed by atoms with Gasteiger partial charge in [-0.15, -0.1) is 0 Å². The lowest BCUT2D eigenvalue weighted by Gasteiger charge is -2.36. The van der Waals surface area contributed by atoms with E-state index >= 15 is 0 Å². The maximum absolute atomic E-state index is 9.89. The Balaban J connectivity index is 2.29. The SMILES string of the molecule is OCc1cccc(C2(O)COC2)c1. The Bertz CT molecular complexity index is 305. The molecule has 0 saturated carbocycles. The molecule has 1 aromatic carbocycles. The van der Waals surface area contributed by atoms with Crippen molar-refractivity contribution >= 4 is 0 Å². The van der Waals surface area contributed by atoms with Crippen molar-refractivity contribution in [3.8, 4) is 0 Å². The third kappa shape index (κ3) is 1.46. The first-order chi connectivity index (χ1) is 6.24. The highest BCUT2D eigenvalue weighted by Gasteiger charge is 2.37. The maximum Gasteiger partial charge on any atom is 0.136 e. The van der Waals surface area contributed by atoms with Crippen molar-refractivity contribution < 1.29 is 14.9 Å². The van der Waals surface area contributed by atoms with Crippen LogP contribution in [0.1, 0.15) is 11.1 Å². The quantitative estimate of drug-likeness (QED) is 0.692. The van der Waals surface area contributed by atoms with Gasteiger partial charge in [0, 0.05) is 0 Å². The molecule has 1 aliphatic rings. The van der Waals surface area contributed by atoms with Gasteiger partial charge in [-0.3, -0.25) is 0 Å². The van der Waals surface area contributed by atoms with Crippen molar-refractivity contribution in [2.45, 2.75) is 12.2 Å². The minimum atomic E-state index is -0.828. The third-order valence-corrected chi connectivity index (χ3v) is 2.33. The van der Waals surface area contributed by atoms with E-state index < -0.39 is 5.60 Å². The van der Waals surface area contributed by atoms with Gasteiger partial charge in [0.1, 0.15) is 5.60 Å². The first-order valence-corrected chi connectivity index (χ1v) is 4.25. The molecule has 3 heteroatoms. The van der Waals surface area contributed by atoms with Crippen LogP contribution in [0.3, 0.4) is 0 Å². The van der Waals surface area contributed by atoms with Crippen LogP contribution in [0, 0.1) is 0 Å². The van der Waals surface area contributed by atoms with Gasteiger partial charge < -0.3 is 14.9 Å². The Morgan fingerprint density at radius 1 is 1.38 bits per heavy atom. The molecule has 0 atom stereocenters. The molecule has 0 radical (unpaired) electrons. The van der Waals surface area contributed by atoms with Crippen LogP contribution < -0.4 is 0 Å². The van der Waals surface area contributed by atoms with Crippen LogP contribution in [-0.2, 0) is 16.9 Å². The van der Waals surface area contributed by atoms with Gasteiger partial charge in [-0.25, -0.2) is 0 Å². The molecule has 1 heterocycles. The fourth-order valence-corrected chi connectivity index (χ4v) is 1.42. The van der Waals surface area contributed by atoms with E-state index in [2.05, 4.69) is 0 Å². The second-order valence-electron chi connectivity index (χ2n) is 3.38. The summed E-state index contributed by atoms with van der Waals surface area (Å²) in [4.78, 5) is 0. The highest BCUT2D eigenvalue weighted by molar-refractivity contribution is 5.29. The molecule has 1 aromatic rings. The first-order valence-electron chi connectivity index (χ1n) is 4.25. The van der Waals surface area contributed by atoms with Crippen molar-refractivity contribution in [3.63, 3.8) is 0 Å². The number of aliphatic hydroxyl groups is 2. The molecule has 0 unspecified atom stereocenters. The average molecular weight is 180 g/mol. The van der Waals surface area contributed by atoms with E-state index in [0.29, 0.717) is 13.2 Å². The van der Waals surface area contributed by atoms with Crippen LogP contribution in [0.25, 0.3) is 0 Å². The van der Waals surface area contributed by atoms with Gasteiger partial charge in [-0.05, 0) is 11.1 Å². The topological polar surface area (TPSA) is 49.7 Å². The molecule has 0 bridgehead atoms. The molecule has 2 N–H and O–H groups in total. The molecule has 0 spiro atoms.